The van der Waals surface area contributed by atoms with Crippen LogP contribution in [0.25, 0.3) is 0 Å². The van der Waals surface area contributed by atoms with E-state index in [4.69, 9.17) is 15.7 Å². The number of nitrogens with zero attached hydrogens (tertiary/aromatic N) is 2. The number of benzene rings is 1. The maximum absolute atomic E-state index is 8.71. The van der Waals surface area contributed by atoms with Crippen LogP contribution in [0, 0.1) is 11.3 Å². The van der Waals surface area contributed by atoms with E-state index in [1.165, 1.54) is 0 Å². The largest absolute Gasteiger partial charge is 0.437 e. The molecule has 0 unspecified atom stereocenters. The zero-order valence-corrected chi connectivity index (χ0v) is 10.3. The first-order chi connectivity index (χ1) is 8.19. The Kier molecular flexibility index (Phi) is 3.26. The molecule has 4 nitrogen and oxygen atoms in total. The molecule has 0 saturated carbocycles. The molecule has 0 fully saturated rings. The van der Waals surface area contributed by atoms with Crippen LogP contribution in [0.5, 0.6) is 11.6 Å². The summed E-state index contributed by atoms with van der Waals surface area (Å²) in [7, 11) is 0. The molecule has 2 N–H and O–H groups in total. The summed E-state index contributed by atoms with van der Waals surface area (Å²) in [6.07, 6.45) is 1.63. The lowest BCUT2D eigenvalue weighted by molar-refractivity contribution is 0.465. The molecular formula is C12H8BrN3O. The van der Waals surface area contributed by atoms with Gasteiger partial charge >= 0.3 is 0 Å². The Balaban J connectivity index is 2.25. The fourth-order valence-corrected chi connectivity index (χ4v) is 1.48. The van der Waals surface area contributed by atoms with Gasteiger partial charge in [0, 0.05) is 16.7 Å². The highest BCUT2D eigenvalue weighted by Gasteiger charge is 2.04. The third kappa shape index (κ3) is 2.74. The summed E-state index contributed by atoms with van der Waals surface area (Å²) in [6.45, 7) is 0. The molecule has 2 rings (SSSR count). The molecule has 0 saturated heterocycles. The Hall–Kier alpha value is -2.06. The van der Waals surface area contributed by atoms with Crippen LogP contribution in [0.3, 0.4) is 0 Å². The lowest BCUT2D eigenvalue weighted by Gasteiger charge is -2.07. The molecule has 5 heteroatoms. The lowest BCUT2D eigenvalue weighted by Crippen LogP contribution is -1.94. The van der Waals surface area contributed by atoms with Gasteiger partial charge in [0.15, 0.2) is 5.75 Å². The molecule has 0 aliphatic rings. The number of hydrogen-bond acceptors (Lipinski definition) is 4. The van der Waals surface area contributed by atoms with Crippen molar-refractivity contribution in [1.82, 2.24) is 4.98 Å². The van der Waals surface area contributed by atoms with E-state index in [9.17, 15) is 0 Å². The number of nitrogens with two attached hydrogens (primary N) is 1. The number of nitrogen functional groups attached to an aromatic ring is 1. The summed E-state index contributed by atoms with van der Waals surface area (Å²) in [5.74, 6) is 0.934. The van der Waals surface area contributed by atoms with Gasteiger partial charge < -0.3 is 10.5 Å². The fourth-order valence-electron chi connectivity index (χ4n) is 1.25. The minimum Gasteiger partial charge on any atom is -0.437 e. The van der Waals surface area contributed by atoms with Gasteiger partial charge in [0.1, 0.15) is 0 Å². The summed E-state index contributed by atoms with van der Waals surface area (Å²) in [5.41, 5.74) is 6.67. The summed E-state index contributed by atoms with van der Waals surface area (Å²) >= 11 is 3.29. The van der Waals surface area contributed by atoms with Crippen LogP contribution < -0.4 is 10.5 Å². The van der Waals surface area contributed by atoms with Crippen LogP contribution in [0.1, 0.15) is 5.56 Å². The van der Waals surface area contributed by atoms with Crippen molar-refractivity contribution in [1.29, 1.82) is 5.26 Å². The van der Waals surface area contributed by atoms with Gasteiger partial charge in [-0.05, 0) is 40.2 Å². The highest BCUT2D eigenvalue weighted by Crippen LogP contribution is 2.27. The van der Waals surface area contributed by atoms with Gasteiger partial charge in [0.2, 0.25) is 5.88 Å². The molecule has 0 atom stereocenters. The standard InChI is InChI=1S/C12H8BrN3O/c13-9-2-4-12(16-7-9)17-11-3-1-8(6-14)5-10(11)15/h1-5,7H,15H2. The molecule has 0 bridgehead atoms. The summed E-state index contributed by atoms with van der Waals surface area (Å²) in [6, 6.07) is 10.4. The van der Waals surface area contributed by atoms with Crippen LogP contribution in [-0.2, 0) is 0 Å². The minimum absolute atomic E-state index is 0.411. The molecule has 1 aromatic heterocycles. The number of hydrogen-bond donors (Lipinski definition) is 1. The van der Waals surface area contributed by atoms with Gasteiger partial charge in [-0.2, -0.15) is 5.26 Å². The number of pyridine rings is 1. The quantitative estimate of drug-likeness (QED) is 0.863. The van der Waals surface area contributed by atoms with E-state index in [1.54, 1.807) is 30.5 Å². The predicted octanol–water partition coefficient (Wildman–Crippen LogP) is 3.09. The Bertz CT molecular complexity index is 575. The third-order valence-electron chi connectivity index (χ3n) is 2.05. The van der Waals surface area contributed by atoms with Gasteiger partial charge in [0.25, 0.3) is 0 Å². The molecular weight excluding hydrogens is 282 g/mol. The van der Waals surface area contributed by atoms with Gasteiger partial charge in [0.05, 0.1) is 17.3 Å². The Morgan fingerprint density at radius 2 is 2.12 bits per heavy atom. The van der Waals surface area contributed by atoms with Crippen molar-refractivity contribution in [2.75, 3.05) is 5.73 Å². The second-order valence-electron chi connectivity index (χ2n) is 3.28. The van der Waals surface area contributed by atoms with E-state index in [-0.39, 0.29) is 0 Å². The second kappa shape index (κ2) is 4.85. The van der Waals surface area contributed by atoms with Crippen molar-refractivity contribution in [2.24, 2.45) is 0 Å². The van der Waals surface area contributed by atoms with Crippen molar-refractivity contribution in [2.45, 2.75) is 0 Å². The minimum atomic E-state index is 0.411. The summed E-state index contributed by atoms with van der Waals surface area (Å²) < 4.78 is 6.37. The van der Waals surface area contributed by atoms with Crippen LogP contribution >= 0.6 is 15.9 Å². The number of aromatic nitrogens is 1. The molecule has 0 aliphatic carbocycles. The van der Waals surface area contributed by atoms with Crippen molar-refractivity contribution in [3.63, 3.8) is 0 Å². The van der Waals surface area contributed by atoms with E-state index in [0.717, 1.165) is 4.47 Å². The van der Waals surface area contributed by atoms with Gasteiger partial charge in [-0.1, -0.05) is 0 Å². The third-order valence-corrected chi connectivity index (χ3v) is 2.52. The highest BCUT2D eigenvalue weighted by molar-refractivity contribution is 9.10. The number of ether oxygens (including phenoxy) is 1. The molecule has 84 valence electrons. The summed E-state index contributed by atoms with van der Waals surface area (Å²) in [4.78, 5) is 4.07. The number of nitriles is 1. The number of rotatable bonds is 2. The van der Waals surface area contributed by atoms with E-state index < -0.39 is 0 Å². The molecule has 1 heterocycles. The molecule has 0 spiro atoms. The number of anilines is 1. The average molecular weight is 290 g/mol. The Labute approximate surface area is 107 Å². The maximum Gasteiger partial charge on any atom is 0.219 e. The molecule has 0 aliphatic heterocycles. The zero-order chi connectivity index (χ0) is 12.3. The fraction of sp³-hybridized carbons (Fsp3) is 0. The van der Waals surface area contributed by atoms with Gasteiger partial charge in [-0.25, -0.2) is 4.98 Å². The van der Waals surface area contributed by atoms with Crippen LogP contribution in [0.4, 0.5) is 5.69 Å². The lowest BCUT2D eigenvalue weighted by atomic mass is 10.2. The monoisotopic (exact) mass is 289 g/mol. The molecule has 17 heavy (non-hydrogen) atoms. The van der Waals surface area contributed by atoms with Crippen molar-refractivity contribution >= 4 is 21.6 Å². The van der Waals surface area contributed by atoms with Crippen molar-refractivity contribution in [3.8, 4) is 17.7 Å². The molecule has 0 amide bonds. The predicted molar refractivity (Wildman–Crippen MR) is 67.6 cm³/mol. The number of halogens is 1. The summed E-state index contributed by atoms with van der Waals surface area (Å²) in [5, 5.41) is 8.71. The highest BCUT2D eigenvalue weighted by atomic mass is 79.9. The molecule has 1 aromatic carbocycles. The smallest absolute Gasteiger partial charge is 0.219 e. The van der Waals surface area contributed by atoms with Crippen LogP contribution in [0.15, 0.2) is 41.0 Å². The van der Waals surface area contributed by atoms with E-state index in [2.05, 4.69) is 20.9 Å². The average Bonchev–Trinajstić information content (AvgIpc) is 2.34. The Morgan fingerprint density at radius 3 is 2.71 bits per heavy atom. The van der Waals surface area contributed by atoms with Crippen LogP contribution in [0.2, 0.25) is 0 Å². The van der Waals surface area contributed by atoms with Crippen molar-refractivity contribution in [3.05, 3.63) is 46.6 Å². The second-order valence-corrected chi connectivity index (χ2v) is 4.20. The van der Waals surface area contributed by atoms with Gasteiger partial charge in [-0.3, -0.25) is 0 Å². The molecule has 0 radical (unpaired) electrons. The first kappa shape index (κ1) is 11.4. The first-order valence-corrected chi connectivity index (χ1v) is 5.57. The SMILES string of the molecule is N#Cc1ccc(Oc2ccc(Br)cn2)c(N)c1. The first-order valence-electron chi connectivity index (χ1n) is 4.78. The van der Waals surface area contributed by atoms with Crippen molar-refractivity contribution < 1.29 is 4.74 Å². The van der Waals surface area contributed by atoms with E-state index >= 15 is 0 Å². The van der Waals surface area contributed by atoms with E-state index in [1.807, 2.05) is 12.1 Å². The Morgan fingerprint density at radius 1 is 1.29 bits per heavy atom. The topological polar surface area (TPSA) is 71.9 Å². The maximum atomic E-state index is 8.71. The zero-order valence-electron chi connectivity index (χ0n) is 8.72. The molecule has 2 aromatic rings. The van der Waals surface area contributed by atoms with Gasteiger partial charge in [-0.15, -0.1) is 0 Å². The van der Waals surface area contributed by atoms with Crippen LogP contribution in [-0.4, -0.2) is 4.98 Å². The van der Waals surface area contributed by atoms with E-state index in [0.29, 0.717) is 22.9 Å². The normalized spacial score (nSPS) is 9.65.